The molecule has 7 heteroatoms. The number of nitrogens with zero attached hydrogens (tertiary/aromatic N) is 3. The summed E-state index contributed by atoms with van der Waals surface area (Å²) in [5, 5.41) is 2.80. The van der Waals surface area contributed by atoms with E-state index in [2.05, 4.69) is 5.32 Å². The molecule has 0 saturated carbocycles. The third kappa shape index (κ3) is 4.35. The van der Waals surface area contributed by atoms with Gasteiger partial charge in [0.15, 0.2) is 0 Å². The summed E-state index contributed by atoms with van der Waals surface area (Å²) in [6.45, 7) is 7.42. The Balaban J connectivity index is 2.31. The fourth-order valence-electron chi connectivity index (χ4n) is 2.82. The number of amides is 2. The first kappa shape index (κ1) is 19.8. The summed E-state index contributed by atoms with van der Waals surface area (Å²) < 4.78 is 8.38. The van der Waals surface area contributed by atoms with Crippen molar-refractivity contribution in [3.8, 4) is 5.69 Å². The van der Waals surface area contributed by atoms with Crippen molar-refractivity contribution in [2.75, 3.05) is 32.1 Å². The van der Waals surface area contributed by atoms with E-state index < -0.39 is 0 Å². The minimum absolute atomic E-state index is 0.249. The molecule has 1 N–H and O–H groups in total. The third-order valence-electron chi connectivity index (χ3n) is 4.22. The number of rotatable bonds is 7. The Hall–Kier alpha value is -2.54. The van der Waals surface area contributed by atoms with Gasteiger partial charge < -0.3 is 15.0 Å². The van der Waals surface area contributed by atoms with Crippen LogP contribution in [0.2, 0.25) is 0 Å². The van der Waals surface area contributed by atoms with Crippen LogP contribution in [0, 0.1) is 12.8 Å². The summed E-state index contributed by atoms with van der Waals surface area (Å²) in [7, 11) is 3.40. The molecule has 0 unspecified atom stereocenters. The van der Waals surface area contributed by atoms with Gasteiger partial charge in [-0.2, -0.15) is 0 Å². The normalized spacial score (nSPS) is 11.0. The second kappa shape index (κ2) is 8.71. The van der Waals surface area contributed by atoms with E-state index in [1.54, 1.807) is 28.4 Å². The number of carbonyl (C=O) groups is 1. The summed E-state index contributed by atoms with van der Waals surface area (Å²) in [5.74, 6) is 0.315. The van der Waals surface area contributed by atoms with Crippen molar-refractivity contribution in [2.45, 2.75) is 20.8 Å². The van der Waals surface area contributed by atoms with Crippen molar-refractivity contribution in [1.82, 2.24) is 14.3 Å². The molecule has 0 radical (unpaired) electrons. The van der Waals surface area contributed by atoms with Gasteiger partial charge in [-0.25, -0.2) is 9.48 Å². The lowest BCUT2D eigenvalue weighted by Crippen LogP contribution is -2.40. The molecule has 0 saturated heterocycles. The van der Waals surface area contributed by atoms with Crippen LogP contribution in [-0.4, -0.2) is 47.1 Å². The molecule has 0 aliphatic carbocycles. The Morgan fingerprint density at radius 1 is 1.27 bits per heavy atom. The van der Waals surface area contributed by atoms with Crippen LogP contribution in [0.25, 0.3) is 5.69 Å². The fraction of sp³-hybridized carbons (Fsp3) is 0.474. The molecule has 1 aromatic heterocycles. The van der Waals surface area contributed by atoms with E-state index in [0.717, 1.165) is 5.69 Å². The van der Waals surface area contributed by atoms with Crippen LogP contribution in [0.3, 0.4) is 0 Å². The summed E-state index contributed by atoms with van der Waals surface area (Å²) in [4.78, 5) is 27.3. The molecule has 0 fully saturated rings. The zero-order valence-electron chi connectivity index (χ0n) is 16.2. The van der Waals surface area contributed by atoms with Gasteiger partial charge in [0.1, 0.15) is 5.69 Å². The lowest BCUT2D eigenvalue weighted by Gasteiger charge is -2.24. The van der Waals surface area contributed by atoms with E-state index >= 15 is 0 Å². The van der Waals surface area contributed by atoms with E-state index in [0.29, 0.717) is 37.0 Å². The lowest BCUT2D eigenvalue weighted by atomic mass is 10.2. The predicted octanol–water partition coefficient (Wildman–Crippen LogP) is 2.62. The molecule has 142 valence electrons. The fourth-order valence-corrected chi connectivity index (χ4v) is 2.82. The highest BCUT2D eigenvalue weighted by molar-refractivity contribution is 5.89. The molecule has 2 aromatic rings. The molecule has 1 heterocycles. The maximum Gasteiger partial charge on any atom is 0.322 e. The highest BCUT2D eigenvalue weighted by atomic mass is 16.5. The molecule has 2 rings (SSSR count). The number of methoxy groups -OCH3 is 1. The first-order valence-corrected chi connectivity index (χ1v) is 8.75. The van der Waals surface area contributed by atoms with Gasteiger partial charge in [-0.3, -0.25) is 9.48 Å². The van der Waals surface area contributed by atoms with E-state index in [1.807, 2.05) is 51.1 Å². The summed E-state index contributed by atoms with van der Waals surface area (Å²) in [6, 6.07) is 9.06. The minimum Gasteiger partial charge on any atom is -0.383 e. The molecule has 7 nitrogen and oxygen atoms in total. The second-order valence-electron chi connectivity index (χ2n) is 6.70. The standard InChI is InChI=1S/C19H28N4O3/c1-14(2)13-22(11-12-26-5)19(25)20-17-15(3)21(4)23(18(17)24)16-9-7-6-8-10-16/h6-10,14H,11-13H2,1-5H3,(H,20,25). The number of benzene rings is 1. The van der Waals surface area contributed by atoms with Crippen molar-refractivity contribution < 1.29 is 9.53 Å². The Bertz CT molecular complexity index is 793. The van der Waals surface area contributed by atoms with Crippen molar-refractivity contribution in [3.63, 3.8) is 0 Å². The summed E-state index contributed by atoms with van der Waals surface area (Å²) in [5.41, 5.74) is 1.50. The van der Waals surface area contributed by atoms with Gasteiger partial charge in [-0.15, -0.1) is 0 Å². The quantitative estimate of drug-likeness (QED) is 0.825. The van der Waals surface area contributed by atoms with Crippen LogP contribution in [0.15, 0.2) is 35.1 Å². The highest BCUT2D eigenvalue weighted by Gasteiger charge is 2.21. The predicted molar refractivity (Wildman–Crippen MR) is 103 cm³/mol. The van der Waals surface area contributed by atoms with E-state index in [-0.39, 0.29) is 11.6 Å². The molecule has 0 aliphatic heterocycles. The monoisotopic (exact) mass is 360 g/mol. The largest absolute Gasteiger partial charge is 0.383 e. The molecule has 0 atom stereocenters. The molecule has 0 bridgehead atoms. The van der Waals surface area contributed by atoms with Gasteiger partial charge >= 0.3 is 6.03 Å². The Kier molecular flexibility index (Phi) is 6.63. The topological polar surface area (TPSA) is 68.5 Å². The molecule has 0 aliphatic rings. The number of urea groups is 1. The van der Waals surface area contributed by atoms with Crippen molar-refractivity contribution in [3.05, 3.63) is 46.4 Å². The van der Waals surface area contributed by atoms with E-state index in [9.17, 15) is 9.59 Å². The average Bonchev–Trinajstić information content (AvgIpc) is 2.82. The maximum atomic E-state index is 12.9. The molecule has 26 heavy (non-hydrogen) atoms. The maximum absolute atomic E-state index is 12.9. The average molecular weight is 360 g/mol. The summed E-state index contributed by atoms with van der Waals surface area (Å²) >= 11 is 0. The van der Waals surface area contributed by atoms with Crippen molar-refractivity contribution in [2.24, 2.45) is 13.0 Å². The van der Waals surface area contributed by atoms with Crippen molar-refractivity contribution in [1.29, 1.82) is 0 Å². The molecular formula is C19H28N4O3. The van der Waals surface area contributed by atoms with Crippen LogP contribution < -0.4 is 10.9 Å². The van der Waals surface area contributed by atoms with Gasteiger partial charge in [0.25, 0.3) is 5.56 Å². The molecule has 2 amide bonds. The van der Waals surface area contributed by atoms with Gasteiger partial charge in [-0.1, -0.05) is 32.0 Å². The van der Waals surface area contributed by atoms with Gasteiger partial charge in [-0.05, 0) is 25.0 Å². The second-order valence-corrected chi connectivity index (χ2v) is 6.70. The number of ether oxygens (including phenoxy) is 1. The van der Waals surface area contributed by atoms with Gasteiger partial charge in [0, 0.05) is 27.2 Å². The van der Waals surface area contributed by atoms with Crippen LogP contribution >= 0.6 is 0 Å². The third-order valence-corrected chi connectivity index (χ3v) is 4.22. The van der Waals surface area contributed by atoms with Gasteiger partial charge in [0.2, 0.25) is 0 Å². The Labute approximate surface area is 154 Å². The van der Waals surface area contributed by atoms with E-state index in [4.69, 9.17) is 4.74 Å². The first-order chi connectivity index (χ1) is 12.4. The SMILES string of the molecule is COCCN(CC(C)C)C(=O)Nc1c(C)n(C)n(-c2ccccc2)c1=O. The number of para-hydroxylation sites is 1. The highest BCUT2D eigenvalue weighted by Crippen LogP contribution is 2.14. The number of hydrogen-bond donors (Lipinski definition) is 1. The number of carbonyl (C=O) groups excluding carboxylic acids is 1. The Morgan fingerprint density at radius 2 is 1.92 bits per heavy atom. The number of nitrogens with one attached hydrogen (secondary N) is 1. The van der Waals surface area contributed by atoms with E-state index in [1.165, 1.54) is 0 Å². The Morgan fingerprint density at radius 3 is 2.50 bits per heavy atom. The molecular weight excluding hydrogens is 332 g/mol. The first-order valence-electron chi connectivity index (χ1n) is 8.75. The number of hydrogen-bond acceptors (Lipinski definition) is 3. The van der Waals surface area contributed by atoms with Crippen LogP contribution in [0.5, 0.6) is 0 Å². The lowest BCUT2D eigenvalue weighted by molar-refractivity contribution is 0.150. The molecule has 0 spiro atoms. The van der Waals surface area contributed by atoms with Crippen LogP contribution in [0.4, 0.5) is 10.5 Å². The van der Waals surface area contributed by atoms with Crippen LogP contribution in [0.1, 0.15) is 19.5 Å². The zero-order valence-corrected chi connectivity index (χ0v) is 16.2. The summed E-state index contributed by atoms with van der Waals surface area (Å²) in [6.07, 6.45) is 0. The van der Waals surface area contributed by atoms with Gasteiger partial charge in [0.05, 0.1) is 18.0 Å². The minimum atomic E-state index is -0.290. The smallest absolute Gasteiger partial charge is 0.322 e. The number of anilines is 1. The molecule has 1 aromatic carbocycles. The van der Waals surface area contributed by atoms with Crippen LogP contribution in [-0.2, 0) is 11.8 Å². The number of aromatic nitrogens is 2. The van der Waals surface area contributed by atoms with Crippen molar-refractivity contribution >= 4 is 11.7 Å². The zero-order chi connectivity index (χ0) is 19.3.